The number of hydrogen-bond acceptors (Lipinski definition) is 4. The van der Waals surface area contributed by atoms with Crippen LogP contribution in [0, 0.1) is 0 Å². The smallest absolute Gasteiger partial charge is 0.348 e. The van der Waals surface area contributed by atoms with Crippen LogP contribution in [0.3, 0.4) is 0 Å². The van der Waals surface area contributed by atoms with E-state index in [1.54, 1.807) is 0 Å². The van der Waals surface area contributed by atoms with Crippen molar-refractivity contribution in [1.29, 1.82) is 0 Å². The molecule has 126 valence electrons. The molecule has 0 radical (unpaired) electrons. The quantitative estimate of drug-likeness (QED) is 0.792. The van der Waals surface area contributed by atoms with Gasteiger partial charge in [-0.05, 0) is 51.4 Å². The molecule has 1 saturated carbocycles. The normalized spacial score (nSPS) is 25.0. The third-order valence-corrected chi connectivity index (χ3v) is 6.81. The highest BCUT2D eigenvalue weighted by atomic mass is 32.2. The molecule has 1 aromatic rings. The van der Waals surface area contributed by atoms with Crippen molar-refractivity contribution in [1.82, 2.24) is 9.55 Å². The molecule has 0 aromatic carbocycles. The fourth-order valence-electron chi connectivity index (χ4n) is 4.19. The van der Waals surface area contributed by atoms with Gasteiger partial charge >= 0.3 is 5.69 Å². The third kappa shape index (κ3) is 3.36. The van der Waals surface area contributed by atoms with Crippen molar-refractivity contribution in [3.63, 3.8) is 0 Å². The number of thioether (sulfide) groups is 1. The number of hydrogen-bond donors (Lipinski definition) is 0. The van der Waals surface area contributed by atoms with Gasteiger partial charge in [-0.3, -0.25) is 4.57 Å². The van der Waals surface area contributed by atoms with Gasteiger partial charge in [-0.2, -0.15) is 4.98 Å². The van der Waals surface area contributed by atoms with Crippen molar-refractivity contribution in [2.24, 2.45) is 0 Å². The Morgan fingerprint density at radius 3 is 2.70 bits per heavy atom. The van der Waals surface area contributed by atoms with Gasteiger partial charge in [0.15, 0.2) is 0 Å². The number of rotatable bonds is 4. The van der Waals surface area contributed by atoms with Crippen molar-refractivity contribution in [2.75, 3.05) is 6.61 Å². The summed E-state index contributed by atoms with van der Waals surface area (Å²) in [7, 11) is 0. The summed E-state index contributed by atoms with van der Waals surface area (Å²) in [5.74, 6) is 0. The van der Waals surface area contributed by atoms with Crippen LogP contribution in [-0.4, -0.2) is 27.5 Å². The molecule has 5 heteroatoms. The van der Waals surface area contributed by atoms with E-state index >= 15 is 0 Å². The molecule has 1 aliphatic heterocycles. The first-order chi connectivity index (χ1) is 11.3. The number of nitrogens with zero attached hydrogens (tertiary/aromatic N) is 2. The largest absolute Gasteiger partial charge is 0.376 e. The summed E-state index contributed by atoms with van der Waals surface area (Å²) in [5, 5.41) is 1.71. The maximum absolute atomic E-state index is 12.7. The summed E-state index contributed by atoms with van der Waals surface area (Å²) < 4.78 is 7.68. The van der Waals surface area contributed by atoms with Crippen molar-refractivity contribution in [2.45, 2.75) is 87.1 Å². The lowest BCUT2D eigenvalue weighted by Gasteiger charge is -2.24. The van der Waals surface area contributed by atoms with Crippen LogP contribution in [-0.2, 0) is 24.1 Å². The van der Waals surface area contributed by atoms with Crippen LogP contribution in [0.1, 0.15) is 62.6 Å². The highest BCUT2D eigenvalue weighted by Gasteiger charge is 2.26. The maximum Gasteiger partial charge on any atom is 0.348 e. The van der Waals surface area contributed by atoms with Crippen LogP contribution in [0.25, 0.3) is 0 Å². The summed E-state index contributed by atoms with van der Waals surface area (Å²) in [6, 6.07) is 0. The van der Waals surface area contributed by atoms with Gasteiger partial charge in [0.2, 0.25) is 0 Å². The van der Waals surface area contributed by atoms with Crippen molar-refractivity contribution < 1.29 is 4.74 Å². The average Bonchev–Trinajstić information content (AvgIpc) is 3.25. The second-order valence-corrected chi connectivity index (χ2v) is 8.39. The molecule has 1 atom stereocenters. The van der Waals surface area contributed by atoms with Crippen LogP contribution in [0.4, 0.5) is 0 Å². The summed E-state index contributed by atoms with van der Waals surface area (Å²) in [4.78, 5) is 17.2. The monoisotopic (exact) mass is 334 g/mol. The second-order valence-electron chi connectivity index (χ2n) is 7.10. The first-order valence-electron chi connectivity index (χ1n) is 9.22. The molecule has 23 heavy (non-hydrogen) atoms. The van der Waals surface area contributed by atoms with Crippen molar-refractivity contribution in [3.8, 4) is 0 Å². The van der Waals surface area contributed by atoms with Crippen LogP contribution in [0.15, 0.2) is 9.82 Å². The van der Waals surface area contributed by atoms with Crippen molar-refractivity contribution >= 4 is 11.8 Å². The lowest BCUT2D eigenvalue weighted by atomic mass is 9.97. The molecule has 0 N–H and O–H groups in total. The molecule has 3 aliphatic rings. The maximum atomic E-state index is 12.7. The predicted molar refractivity (Wildman–Crippen MR) is 92.2 cm³/mol. The van der Waals surface area contributed by atoms with E-state index in [9.17, 15) is 4.79 Å². The standard InChI is InChI=1S/C18H26N2O2S/c21-18-19-17(23-14-7-1-2-8-14)15-9-3-4-10-16(15)20(18)12-13-6-5-11-22-13/h13-14H,1-12H2. The summed E-state index contributed by atoms with van der Waals surface area (Å²) in [5.41, 5.74) is 2.57. The van der Waals surface area contributed by atoms with Crippen LogP contribution >= 0.6 is 11.8 Å². The van der Waals surface area contributed by atoms with E-state index in [4.69, 9.17) is 4.74 Å². The highest BCUT2D eigenvalue weighted by molar-refractivity contribution is 7.99. The Morgan fingerprint density at radius 2 is 1.91 bits per heavy atom. The Labute approximate surface area is 142 Å². The fraction of sp³-hybridized carbons (Fsp3) is 0.778. The second kappa shape index (κ2) is 6.98. The summed E-state index contributed by atoms with van der Waals surface area (Å²) >= 11 is 1.88. The molecule has 0 spiro atoms. The molecule has 4 nitrogen and oxygen atoms in total. The zero-order valence-corrected chi connectivity index (χ0v) is 14.6. The molecule has 1 unspecified atom stereocenters. The molecule has 2 heterocycles. The number of aromatic nitrogens is 2. The number of fused-ring (bicyclic) bond motifs is 1. The highest BCUT2D eigenvalue weighted by Crippen LogP contribution is 2.37. The number of ether oxygens (including phenoxy) is 1. The molecular weight excluding hydrogens is 308 g/mol. The minimum Gasteiger partial charge on any atom is -0.376 e. The first-order valence-corrected chi connectivity index (χ1v) is 10.1. The zero-order valence-electron chi connectivity index (χ0n) is 13.8. The van der Waals surface area contributed by atoms with E-state index in [1.165, 1.54) is 49.8 Å². The fourth-order valence-corrected chi connectivity index (χ4v) is 5.57. The van der Waals surface area contributed by atoms with Crippen molar-refractivity contribution in [3.05, 3.63) is 21.7 Å². The average molecular weight is 334 g/mol. The molecule has 1 saturated heterocycles. The van der Waals surface area contributed by atoms with Crippen LogP contribution < -0.4 is 5.69 Å². The zero-order chi connectivity index (χ0) is 15.6. The lowest BCUT2D eigenvalue weighted by Crippen LogP contribution is -2.34. The molecule has 4 rings (SSSR count). The van der Waals surface area contributed by atoms with Gasteiger partial charge in [-0.1, -0.05) is 12.8 Å². The SMILES string of the molecule is O=c1nc(SC2CCCC2)c2c(n1CC1CCCO1)CCCC2. The van der Waals surface area contributed by atoms with Gasteiger partial charge in [0.25, 0.3) is 0 Å². The Bertz CT molecular complexity index is 616. The molecule has 0 bridgehead atoms. The first kappa shape index (κ1) is 15.7. The van der Waals surface area contributed by atoms with Gasteiger partial charge in [-0.15, -0.1) is 11.8 Å². The van der Waals surface area contributed by atoms with E-state index in [0.29, 0.717) is 11.8 Å². The predicted octanol–water partition coefficient (Wildman–Crippen LogP) is 3.34. The molecule has 2 aliphatic carbocycles. The topological polar surface area (TPSA) is 44.1 Å². The minimum atomic E-state index is -0.0540. The van der Waals surface area contributed by atoms with E-state index in [1.807, 2.05) is 16.3 Å². The van der Waals surface area contributed by atoms with E-state index in [2.05, 4.69) is 4.98 Å². The van der Waals surface area contributed by atoms with Gasteiger partial charge in [0.1, 0.15) is 5.03 Å². The molecule has 2 fully saturated rings. The van der Waals surface area contributed by atoms with Gasteiger partial charge in [-0.25, -0.2) is 4.79 Å². The van der Waals surface area contributed by atoms with Crippen LogP contribution in [0.5, 0.6) is 0 Å². The summed E-state index contributed by atoms with van der Waals surface area (Å²) in [6.07, 6.45) is 12.1. The lowest BCUT2D eigenvalue weighted by molar-refractivity contribution is 0.0947. The Hall–Kier alpha value is -0.810. The van der Waals surface area contributed by atoms with E-state index in [0.717, 1.165) is 37.3 Å². The Kier molecular flexibility index (Phi) is 4.76. The van der Waals surface area contributed by atoms with Gasteiger partial charge in [0, 0.05) is 23.1 Å². The van der Waals surface area contributed by atoms with Crippen LogP contribution in [0.2, 0.25) is 0 Å². The van der Waals surface area contributed by atoms with Gasteiger partial charge < -0.3 is 4.74 Å². The summed E-state index contributed by atoms with van der Waals surface area (Å²) in [6.45, 7) is 1.53. The van der Waals surface area contributed by atoms with E-state index in [-0.39, 0.29) is 11.8 Å². The third-order valence-electron chi connectivity index (χ3n) is 5.44. The van der Waals surface area contributed by atoms with Gasteiger partial charge in [0.05, 0.1) is 12.6 Å². The molecular formula is C18H26N2O2S. The molecule has 0 amide bonds. The Balaban J connectivity index is 1.65. The molecule has 1 aromatic heterocycles. The minimum absolute atomic E-state index is 0.0540. The van der Waals surface area contributed by atoms with E-state index < -0.39 is 0 Å². The Morgan fingerprint density at radius 1 is 1.09 bits per heavy atom.